The Morgan fingerprint density at radius 3 is 2.44 bits per heavy atom. The van der Waals surface area contributed by atoms with E-state index in [1.807, 2.05) is 7.11 Å². The Bertz CT molecular complexity index is 587. The van der Waals surface area contributed by atoms with Crippen molar-refractivity contribution in [1.82, 2.24) is 4.90 Å². The fourth-order valence-electron chi connectivity index (χ4n) is 4.79. The SMILES string of the molecule is COCC1CC2c3cc(OC)c(OC)cc3CCN2CC1CC(C)C. The van der Waals surface area contributed by atoms with Crippen molar-refractivity contribution < 1.29 is 14.2 Å². The molecule has 2 aliphatic heterocycles. The lowest BCUT2D eigenvalue weighted by atomic mass is 9.74. The molecular formula is C21H33NO3. The number of ether oxygens (including phenoxy) is 3. The third-order valence-electron chi connectivity index (χ3n) is 5.93. The quantitative estimate of drug-likeness (QED) is 0.780. The van der Waals surface area contributed by atoms with E-state index >= 15 is 0 Å². The Hall–Kier alpha value is -1.26. The first-order valence-corrected chi connectivity index (χ1v) is 9.55. The minimum atomic E-state index is 0.479. The second-order valence-electron chi connectivity index (χ2n) is 8.01. The molecule has 1 saturated heterocycles. The van der Waals surface area contributed by atoms with Gasteiger partial charge in [-0.05, 0) is 60.3 Å². The average Bonchev–Trinajstić information content (AvgIpc) is 2.60. The van der Waals surface area contributed by atoms with Crippen LogP contribution in [0.1, 0.15) is 43.9 Å². The van der Waals surface area contributed by atoms with Gasteiger partial charge in [0.15, 0.2) is 11.5 Å². The second-order valence-corrected chi connectivity index (χ2v) is 8.01. The molecule has 1 aromatic carbocycles. The molecule has 4 heteroatoms. The Labute approximate surface area is 152 Å². The second kappa shape index (κ2) is 7.96. The molecule has 0 radical (unpaired) electrons. The highest BCUT2D eigenvalue weighted by Gasteiger charge is 2.39. The normalized spacial score (nSPS) is 26.2. The van der Waals surface area contributed by atoms with Crippen LogP contribution < -0.4 is 9.47 Å². The summed E-state index contributed by atoms with van der Waals surface area (Å²) in [5.41, 5.74) is 2.84. The van der Waals surface area contributed by atoms with Crippen LogP contribution in [0, 0.1) is 17.8 Å². The zero-order chi connectivity index (χ0) is 18.0. The topological polar surface area (TPSA) is 30.9 Å². The van der Waals surface area contributed by atoms with E-state index in [1.54, 1.807) is 14.2 Å². The van der Waals surface area contributed by atoms with Crippen molar-refractivity contribution in [2.45, 2.75) is 39.2 Å². The molecule has 25 heavy (non-hydrogen) atoms. The van der Waals surface area contributed by atoms with Gasteiger partial charge in [-0.25, -0.2) is 0 Å². The molecule has 3 unspecified atom stereocenters. The van der Waals surface area contributed by atoms with Crippen molar-refractivity contribution in [3.8, 4) is 11.5 Å². The van der Waals surface area contributed by atoms with E-state index < -0.39 is 0 Å². The lowest BCUT2D eigenvalue weighted by Crippen LogP contribution is -2.47. The van der Waals surface area contributed by atoms with Gasteiger partial charge < -0.3 is 14.2 Å². The van der Waals surface area contributed by atoms with Crippen LogP contribution in [0.2, 0.25) is 0 Å². The maximum Gasteiger partial charge on any atom is 0.161 e. The summed E-state index contributed by atoms with van der Waals surface area (Å²) in [6.45, 7) is 7.85. The molecule has 4 nitrogen and oxygen atoms in total. The van der Waals surface area contributed by atoms with Crippen molar-refractivity contribution in [2.75, 3.05) is 41.0 Å². The Balaban J connectivity index is 1.89. The Kier molecular flexibility index (Phi) is 5.90. The van der Waals surface area contributed by atoms with Gasteiger partial charge in [0.2, 0.25) is 0 Å². The molecule has 0 aromatic heterocycles. The predicted octanol–water partition coefficient (Wildman–Crippen LogP) is 3.93. The maximum atomic E-state index is 5.58. The molecule has 140 valence electrons. The van der Waals surface area contributed by atoms with Crippen molar-refractivity contribution in [1.29, 1.82) is 0 Å². The number of hydrogen-bond donors (Lipinski definition) is 0. The third-order valence-corrected chi connectivity index (χ3v) is 5.93. The number of rotatable bonds is 6. The molecular weight excluding hydrogens is 314 g/mol. The smallest absolute Gasteiger partial charge is 0.161 e. The van der Waals surface area contributed by atoms with Gasteiger partial charge in [-0.3, -0.25) is 4.90 Å². The van der Waals surface area contributed by atoms with Crippen LogP contribution in [0.25, 0.3) is 0 Å². The number of benzene rings is 1. The van der Waals surface area contributed by atoms with Crippen LogP contribution in [0.4, 0.5) is 0 Å². The predicted molar refractivity (Wildman–Crippen MR) is 100 cm³/mol. The number of fused-ring (bicyclic) bond motifs is 3. The third kappa shape index (κ3) is 3.80. The van der Waals surface area contributed by atoms with Gasteiger partial charge >= 0.3 is 0 Å². The minimum Gasteiger partial charge on any atom is -0.493 e. The van der Waals surface area contributed by atoms with Crippen LogP contribution in [0.15, 0.2) is 12.1 Å². The van der Waals surface area contributed by atoms with Crippen LogP contribution in [0.3, 0.4) is 0 Å². The molecule has 0 saturated carbocycles. The molecule has 3 rings (SSSR count). The fraction of sp³-hybridized carbons (Fsp3) is 0.714. The van der Waals surface area contributed by atoms with Gasteiger partial charge in [-0.1, -0.05) is 13.8 Å². The van der Waals surface area contributed by atoms with Gasteiger partial charge in [0.25, 0.3) is 0 Å². The summed E-state index contributed by atoms with van der Waals surface area (Å²) in [5, 5.41) is 0. The summed E-state index contributed by atoms with van der Waals surface area (Å²) in [7, 11) is 5.27. The van der Waals surface area contributed by atoms with Gasteiger partial charge in [0, 0.05) is 32.8 Å². The maximum absolute atomic E-state index is 5.58. The van der Waals surface area contributed by atoms with E-state index in [2.05, 4.69) is 30.9 Å². The van der Waals surface area contributed by atoms with E-state index in [1.165, 1.54) is 30.5 Å². The summed E-state index contributed by atoms with van der Waals surface area (Å²) in [5.74, 6) is 3.79. The molecule has 2 aliphatic rings. The zero-order valence-corrected chi connectivity index (χ0v) is 16.4. The summed E-state index contributed by atoms with van der Waals surface area (Å²) < 4.78 is 16.6. The first kappa shape index (κ1) is 18.5. The number of hydrogen-bond acceptors (Lipinski definition) is 4. The first-order chi connectivity index (χ1) is 12.1. The first-order valence-electron chi connectivity index (χ1n) is 9.55. The number of piperidine rings is 1. The van der Waals surface area contributed by atoms with E-state index in [4.69, 9.17) is 14.2 Å². The summed E-state index contributed by atoms with van der Waals surface area (Å²) in [6, 6.07) is 4.86. The van der Waals surface area contributed by atoms with Gasteiger partial charge in [0.1, 0.15) is 0 Å². The summed E-state index contributed by atoms with van der Waals surface area (Å²) >= 11 is 0. The van der Waals surface area contributed by atoms with Gasteiger partial charge in [0.05, 0.1) is 14.2 Å². The van der Waals surface area contributed by atoms with E-state index in [-0.39, 0.29) is 0 Å². The van der Waals surface area contributed by atoms with Crippen LogP contribution in [0.5, 0.6) is 11.5 Å². The number of nitrogens with zero attached hydrogens (tertiary/aromatic N) is 1. The largest absolute Gasteiger partial charge is 0.493 e. The molecule has 0 spiro atoms. The molecule has 2 heterocycles. The van der Waals surface area contributed by atoms with Gasteiger partial charge in [-0.2, -0.15) is 0 Å². The van der Waals surface area contributed by atoms with Crippen LogP contribution in [-0.4, -0.2) is 45.9 Å². The van der Waals surface area contributed by atoms with Gasteiger partial charge in [-0.15, -0.1) is 0 Å². The van der Waals surface area contributed by atoms with Crippen molar-refractivity contribution in [3.05, 3.63) is 23.3 Å². The molecule has 0 aliphatic carbocycles. The van der Waals surface area contributed by atoms with E-state index in [0.29, 0.717) is 12.0 Å². The van der Waals surface area contributed by atoms with Crippen molar-refractivity contribution in [3.63, 3.8) is 0 Å². The fourth-order valence-corrected chi connectivity index (χ4v) is 4.79. The molecule has 0 N–H and O–H groups in total. The highest BCUT2D eigenvalue weighted by Crippen LogP contribution is 2.45. The van der Waals surface area contributed by atoms with Crippen LogP contribution >= 0.6 is 0 Å². The molecule has 1 fully saturated rings. The highest BCUT2D eigenvalue weighted by molar-refractivity contribution is 5.49. The monoisotopic (exact) mass is 347 g/mol. The highest BCUT2D eigenvalue weighted by atomic mass is 16.5. The van der Waals surface area contributed by atoms with E-state index in [0.717, 1.165) is 42.9 Å². The molecule has 0 bridgehead atoms. The Morgan fingerprint density at radius 2 is 1.80 bits per heavy atom. The minimum absolute atomic E-state index is 0.479. The zero-order valence-electron chi connectivity index (χ0n) is 16.4. The molecule has 0 amide bonds. The average molecular weight is 347 g/mol. The lowest BCUT2D eigenvalue weighted by Gasteiger charge is -2.47. The van der Waals surface area contributed by atoms with E-state index in [9.17, 15) is 0 Å². The van der Waals surface area contributed by atoms with Crippen LogP contribution in [-0.2, 0) is 11.2 Å². The molecule has 3 atom stereocenters. The molecule has 1 aromatic rings. The summed E-state index contributed by atoms with van der Waals surface area (Å²) in [6.07, 6.45) is 3.55. The van der Waals surface area contributed by atoms with Crippen molar-refractivity contribution in [2.24, 2.45) is 17.8 Å². The lowest BCUT2D eigenvalue weighted by molar-refractivity contribution is 0.00728. The summed E-state index contributed by atoms with van der Waals surface area (Å²) in [4.78, 5) is 2.69. The number of methoxy groups -OCH3 is 3. The Morgan fingerprint density at radius 1 is 1.08 bits per heavy atom. The van der Waals surface area contributed by atoms with Crippen molar-refractivity contribution >= 4 is 0 Å². The standard InChI is InChI=1S/C21H33NO3/c1-14(2)8-16-12-22-7-6-15-10-20(24-4)21(25-5)11-18(15)19(22)9-17(16)13-23-3/h10-11,14,16-17,19H,6-9,12-13H2,1-5H3.